The third kappa shape index (κ3) is 5.38. The first-order valence-electron chi connectivity index (χ1n) is 14.3. The van der Waals surface area contributed by atoms with Gasteiger partial charge in [0.25, 0.3) is 0 Å². The summed E-state index contributed by atoms with van der Waals surface area (Å²) in [5.74, 6) is -2.99. The molecule has 0 saturated carbocycles. The number of alkyl halides is 1. The highest BCUT2D eigenvalue weighted by Crippen LogP contribution is 2.56. The predicted molar refractivity (Wildman–Crippen MR) is 149 cm³/mol. The molecule has 13 atom stereocenters. The number of cyclic esters (lactones) is 1. The smallest absolute Gasteiger partial charge is 0.311 e. The monoisotopic (exact) mass is 617 g/mol. The summed E-state index contributed by atoms with van der Waals surface area (Å²) >= 11 is 3.65. The summed E-state index contributed by atoms with van der Waals surface area (Å²) in [6.45, 7) is 13.5. The third-order valence-electron chi connectivity index (χ3n) is 9.50. The molecule has 0 aromatic carbocycles. The van der Waals surface area contributed by atoms with Crippen molar-refractivity contribution in [2.75, 3.05) is 19.4 Å². The summed E-state index contributed by atoms with van der Waals surface area (Å²) in [6, 6.07) is -0.158. The Labute approximate surface area is 241 Å². The largest absolute Gasteiger partial charge is 0.459 e. The molecule has 10 heteroatoms. The predicted octanol–water partition coefficient (Wildman–Crippen LogP) is 3.39. The normalized spacial score (nSPS) is 50.8. The molecule has 3 bridgehead atoms. The number of nitrogens with zero attached hydrogens (tertiary/aromatic N) is 1. The van der Waals surface area contributed by atoms with E-state index in [0.717, 1.165) is 5.57 Å². The van der Waals surface area contributed by atoms with E-state index in [1.807, 2.05) is 59.7 Å². The van der Waals surface area contributed by atoms with Crippen LogP contribution in [0.3, 0.4) is 0 Å². The Balaban J connectivity index is 1.79. The van der Waals surface area contributed by atoms with Crippen molar-refractivity contribution in [3.05, 3.63) is 11.6 Å². The zero-order chi connectivity index (χ0) is 29.1. The van der Waals surface area contributed by atoms with Gasteiger partial charge in [0.15, 0.2) is 12.1 Å². The van der Waals surface area contributed by atoms with Crippen LogP contribution in [0.4, 0.5) is 0 Å². The average Bonchev–Trinajstić information content (AvgIpc) is 3.31. The van der Waals surface area contributed by atoms with Crippen LogP contribution in [-0.4, -0.2) is 100 Å². The number of carbonyl (C=O) groups excluding carboxylic acids is 1. The molecule has 2 N–H and O–H groups in total. The molecular weight excluding hydrogens is 570 g/mol. The van der Waals surface area contributed by atoms with E-state index >= 15 is 0 Å². The lowest BCUT2D eigenvalue weighted by Gasteiger charge is -2.47. The second-order valence-corrected chi connectivity index (χ2v) is 13.4. The van der Waals surface area contributed by atoms with Crippen molar-refractivity contribution in [1.82, 2.24) is 4.90 Å². The van der Waals surface area contributed by atoms with Crippen molar-refractivity contribution in [2.24, 2.45) is 17.8 Å². The maximum atomic E-state index is 13.3. The van der Waals surface area contributed by atoms with Crippen molar-refractivity contribution >= 4 is 21.9 Å². The first-order valence-corrected chi connectivity index (χ1v) is 15.5. The van der Waals surface area contributed by atoms with Gasteiger partial charge in [-0.05, 0) is 72.7 Å². The average molecular weight is 619 g/mol. The molecule has 0 radical (unpaired) electrons. The Morgan fingerprint density at radius 3 is 2.38 bits per heavy atom. The quantitative estimate of drug-likeness (QED) is 0.273. The van der Waals surface area contributed by atoms with Crippen molar-refractivity contribution in [1.29, 1.82) is 0 Å². The van der Waals surface area contributed by atoms with Gasteiger partial charge in [-0.15, -0.1) is 0 Å². The summed E-state index contributed by atoms with van der Waals surface area (Å²) in [5, 5.41) is 23.3. The number of likely N-dealkylation sites (N-methyl/N-ethyl adjacent to an activating group) is 1. The molecule has 4 aliphatic heterocycles. The molecular formula is C29H48BrNO8. The third-order valence-corrected chi connectivity index (χ3v) is 10.1. The lowest BCUT2D eigenvalue weighted by atomic mass is 9.78. The van der Waals surface area contributed by atoms with E-state index in [0.29, 0.717) is 24.6 Å². The number of hydrogen-bond acceptors (Lipinski definition) is 9. The van der Waals surface area contributed by atoms with E-state index in [1.54, 1.807) is 6.92 Å². The number of aliphatic hydroxyl groups excluding tert-OH is 2. The summed E-state index contributed by atoms with van der Waals surface area (Å²) in [7, 11) is 3.86. The van der Waals surface area contributed by atoms with Crippen molar-refractivity contribution < 1.29 is 38.7 Å². The minimum atomic E-state index is -1.08. The van der Waals surface area contributed by atoms with Gasteiger partial charge in [0.2, 0.25) is 0 Å². The Morgan fingerprint density at radius 2 is 1.79 bits per heavy atom. The molecule has 39 heavy (non-hydrogen) atoms. The van der Waals surface area contributed by atoms with E-state index in [1.165, 1.54) is 0 Å². The van der Waals surface area contributed by atoms with E-state index in [4.69, 9.17) is 23.7 Å². The molecule has 3 saturated heterocycles. The van der Waals surface area contributed by atoms with Gasteiger partial charge >= 0.3 is 5.97 Å². The molecule has 1 spiro atoms. The number of ether oxygens (including phenoxy) is 5. The van der Waals surface area contributed by atoms with Crippen LogP contribution in [0.15, 0.2) is 11.6 Å². The maximum Gasteiger partial charge on any atom is 0.311 e. The minimum absolute atomic E-state index is 0.0689. The SMILES string of the molecule is CC[C@H]1OC(=O)[C@H](C)[C@@H](O)[C@H](C)[C@@H](O[C@@H]2O[C@H](C)C[C@H](N(C)C)[C@H]2O)[C@@]2(C)CC(C)C3(O[C@]1(C)C=C3CBr)O2. The van der Waals surface area contributed by atoms with Crippen LogP contribution < -0.4 is 0 Å². The second-order valence-electron chi connectivity index (χ2n) is 12.9. The summed E-state index contributed by atoms with van der Waals surface area (Å²) in [4.78, 5) is 15.3. The Bertz CT molecular complexity index is 948. The van der Waals surface area contributed by atoms with Gasteiger partial charge < -0.3 is 38.8 Å². The van der Waals surface area contributed by atoms with Crippen LogP contribution in [0.1, 0.15) is 67.7 Å². The highest BCUT2D eigenvalue weighted by atomic mass is 79.9. The fraction of sp³-hybridized carbons (Fsp3) is 0.897. The Hall–Kier alpha value is -0.590. The number of rotatable bonds is 5. The van der Waals surface area contributed by atoms with Crippen LogP contribution in [0.5, 0.6) is 0 Å². The van der Waals surface area contributed by atoms with E-state index in [2.05, 4.69) is 22.9 Å². The van der Waals surface area contributed by atoms with Crippen LogP contribution in [-0.2, 0) is 28.5 Å². The van der Waals surface area contributed by atoms with Gasteiger partial charge in [-0.1, -0.05) is 36.7 Å². The zero-order valence-electron chi connectivity index (χ0n) is 24.8. The molecule has 9 nitrogen and oxygen atoms in total. The molecule has 4 heterocycles. The topological polar surface area (TPSA) is 107 Å². The van der Waals surface area contributed by atoms with Gasteiger partial charge in [0, 0.05) is 23.2 Å². The first kappa shape index (κ1) is 31.3. The van der Waals surface area contributed by atoms with Gasteiger partial charge in [-0.2, -0.15) is 0 Å². The molecule has 3 fully saturated rings. The zero-order valence-corrected chi connectivity index (χ0v) is 26.4. The number of hydrogen-bond donors (Lipinski definition) is 2. The van der Waals surface area contributed by atoms with Crippen LogP contribution >= 0.6 is 15.9 Å². The fourth-order valence-electron chi connectivity index (χ4n) is 7.32. The van der Waals surface area contributed by atoms with Crippen molar-refractivity contribution in [3.8, 4) is 0 Å². The number of esters is 1. The molecule has 4 aliphatic rings. The van der Waals surface area contributed by atoms with E-state index in [-0.39, 0.29) is 18.1 Å². The fourth-order valence-corrected chi connectivity index (χ4v) is 7.87. The van der Waals surface area contributed by atoms with Crippen molar-refractivity contribution in [3.63, 3.8) is 0 Å². The summed E-state index contributed by atoms with van der Waals surface area (Å²) in [6.07, 6.45) is -0.528. The van der Waals surface area contributed by atoms with Crippen LogP contribution in [0, 0.1) is 17.8 Å². The molecule has 2 unspecified atom stereocenters. The highest BCUT2D eigenvalue weighted by Gasteiger charge is 2.65. The molecule has 4 rings (SSSR count). The van der Waals surface area contributed by atoms with Crippen LogP contribution in [0.2, 0.25) is 0 Å². The highest BCUT2D eigenvalue weighted by molar-refractivity contribution is 9.09. The van der Waals surface area contributed by atoms with E-state index < -0.39 is 65.5 Å². The molecule has 0 aromatic heterocycles. The molecule has 0 aromatic rings. The molecule has 0 amide bonds. The number of halogens is 1. The number of carbonyl (C=O) groups is 1. The Kier molecular flexibility index (Phi) is 9.04. The van der Waals surface area contributed by atoms with Gasteiger partial charge in [-0.3, -0.25) is 4.79 Å². The molecule has 0 aliphatic carbocycles. The maximum absolute atomic E-state index is 13.3. The number of fused-ring (bicyclic) bond motifs is 2. The minimum Gasteiger partial charge on any atom is -0.459 e. The van der Waals surface area contributed by atoms with Gasteiger partial charge in [0.1, 0.15) is 17.8 Å². The van der Waals surface area contributed by atoms with E-state index in [9.17, 15) is 15.0 Å². The van der Waals surface area contributed by atoms with Gasteiger partial charge in [-0.25, -0.2) is 0 Å². The number of aliphatic hydroxyl groups is 2. The standard InChI is InChI=1S/C29H48BrNO8/c1-10-21-27(6)13-19(14-30)29(38-27)15(2)12-28(7,39-29)24(17(4)22(32)18(5)25(34)36-21)37-26-23(33)20(31(8)9)11-16(3)35-26/h13,15-18,20-24,26,32-33H,10-12,14H2,1-9H3/t15?,16-,17+,18-,20+,21-,22+,23-,24-,26+,27-,28-,29?/m1/s1. The van der Waals surface area contributed by atoms with Crippen LogP contribution in [0.25, 0.3) is 0 Å². The lowest BCUT2D eigenvalue weighted by molar-refractivity contribution is -0.327. The van der Waals surface area contributed by atoms with Gasteiger partial charge in [0.05, 0.1) is 29.8 Å². The summed E-state index contributed by atoms with van der Waals surface area (Å²) in [5.41, 5.74) is -0.894. The van der Waals surface area contributed by atoms with Crippen molar-refractivity contribution in [2.45, 2.75) is 128 Å². The summed E-state index contributed by atoms with van der Waals surface area (Å²) < 4.78 is 32.6. The lowest BCUT2D eigenvalue weighted by Crippen LogP contribution is -2.59. The second kappa shape index (κ2) is 11.2. The Morgan fingerprint density at radius 1 is 1.13 bits per heavy atom. The first-order chi connectivity index (χ1) is 18.1. The molecule has 224 valence electrons.